The summed E-state index contributed by atoms with van der Waals surface area (Å²) in [5, 5.41) is 3.76. The quantitative estimate of drug-likeness (QED) is 0.475. The summed E-state index contributed by atoms with van der Waals surface area (Å²) in [5.41, 5.74) is 2.59. The van der Waals surface area contributed by atoms with E-state index in [1.165, 1.54) is 25.0 Å². The van der Waals surface area contributed by atoms with Gasteiger partial charge in [-0.2, -0.15) is 0 Å². The molecule has 172 valence electrons. The van der Waals surface area contributed by atoms with Gasteiger partial charge in [0, 0.05) is 29.1 Å². The number of pyridine rings is 2. The van der Waals surface area contributed by atoms with E-state index < -0.39 is 0 Å². The number of benzene rings is 1. The summed E-state index contributed by atoms with van der Waals surface area (Å²) in [6.07, 6.45) is 8.31. The van der Waals surface area contributed by atoms with Crippen LogP contribution in [0.1, 0.15) is 57.6 Å². The Balaban J connectivity index is 1.26. The van der Waals surface area contributed by atoms with E-state index in [0.29, 0.717) is 28.5 Å². The van der Waals surface area contributed by atoms with Crippen LogP contribution in [-0.4, -0.2) is 22.0 Å². The van der Waals surface area contributed by atoms with E-state index in [2.05, 4.69) is 29.1 Å². The highest BCUT2D eigenvalue weighted by atomic mass is 19.1. The second-order valence-electron chi connectivity index (χ2n) is 9.57. The van der Waals surface area contributed by atoms with Crippen LogP contribution in [0.25, 0.3) is 10.9 Å². The maximum absolute atomic E-state index is 13.8. The molecule has 6 heteroatoms. The number of halogens is 1. The first kappa shape index (κ1) is 21.8. The average molecular weight is 448 g/mol. The van der Waals surface area contributed by atoms with Crippen LogP contribution in [0.4, 0.5) is 10.1 Å². The predicted octanol–water partition coefficient (Wildman–Crippen LogP) is 6.10. The Bertz CT molecular complexity index is 1150. The molecule has 2 aliphatic carbocycles. The average Bonchev–Trinajstić information content (AvgIpc) is 3.59. The maximum atomic E-state index is 13.8. The van der Waals surface area contributed by atoms with Gasteiger partial charge in [0.05, 0.1) is 23.5 Å². The van der Waals surface area contributed by atoms with Crippen LogP contribution >= 0.6 is 0 Å². The minimum Gasteiger partial charge on any atom is -0.490 e. The van der Waals surface area contributed by atoms with Crippen molar-refractivity contribution in [1.29, 1.82) is 0 Å². The van der Waals surface area contributed by atoms with Crippen molar-refractivity contribution in [1.82, 2.24) is 9.97 Å². The number of hydrogen-bond donors (Lipinski definition) is 1. The second-order valence-corrected chi connectivity index (χ2v) is 9.57. The normalized spacial score (nSPS) is 23.4. The van der Waals surface area contributed by atoms with Gasteiger partial charge in [-0.05, 0) is 80.3 Å². The molecule has 2 saturated carbocycles. The van der Waals surface area contributed by atoms with Crippen LogP contribution < -0.4 is 10.1 Å². The number of rotatable bonds is 7. The third-order valence-corrected chi connectivity index (χ3v) is 7.20. The zero-order valence-electron chi connectivity index (χ0n) is 19.1. The number of ether oxygens (including phenoxy) is 1. The Kier molecular flexibility index (Phi) is 6.00. The molecule has 0 spiro atoms. The van der Waals surface area contributed by atoms with Gasteiger partial charge in [0.25, 0.3) is 0 Å². The van der Waals surface area contributed by atoms with Crippen LogP contribution in [0.2, 0.25) is 0 Å². The molecule has 2 heterocycles. The van der Waals surface area contributed by atoms with Gasteiger partial charge in [-0.25, -0.2) is 4.39 Å². The summed E-state index contributed by atoms with van der Waals surface area (Å²) >= 11 is 0. The summed E-state index contributed by atoms with van der Waals surface area (Å²) in [6, 6.07) is 10.3. The van der Waals surface area contributed by atoms with Crippen LogP contribution in [-0.2, 0) is 4.79 Å². The fourth-order valence-corrected chi connectivity index (χ4v) is 5.27. The van der Waals surface area contributed by atoms with Crippen molar-refractivity contribution in [2.45, 2.75) is 58.0 Å². The lowest BCUT2D eigenvalue weighted by molar-refractivity contribution is -0.122. The minimum atomic E-state index is -0.305. The van der Waals surface area contributed by atoms with Crippen LogP contribution in [0.15, 0.2) is 48.8 Å². The number of anilines is 1. The molecule has 0 aliphatic heterocycles. The van der Waals surface area contributed by atoms with Crippen LogP contribution in [0.3, 0.4) is 0 Å². The van der Waals surface area contributed by atoms with E-state index in [9.17, 15) is 9.18 Å². The smallest absolute Gasteiger partial charge is 0.227 e. The largest absolute Gasteiger partial charge is 0.490 e. The van der Waals surface area contributed by atoms with Crippen molar-refractivity contribution in [3.8, 4) is 5.75 Å². The highest BCUT2D eigenvalue weighted by molar-refractivity contribution is 5.92. The van der Waals surface area contributed by atoms with Gasteiger partial charge in [-0.3, -0.25) is 14.8 Å². The van der Waals surface area contributed by atoms with Gasteiger partial charge >= 0.3 is 0 Å². The van der Waals surface area contributed by atoms with Crippen molar-refractivity contribution < 1.29 is 13.9 Å². The Labute approximate surface area is 193 Å². The number of nitrogens with one attached hydrogen (secondary N) is 1. The molecule has 1 amide bonds. The van der Waals surface area contributed by atoms with Crippen LogP contribution in [0, 0.1) is 23.6 Å². The van der Waals surface area contributed by atoms with Gasteiger partial charge in [0.2, 0.25) is 5.91 Å². The first-order valence-electron chi connectivity index (χ1n) is 12.0. The zero-order valence-corrected chi connectivity index (χ0v) is 19.1. The molecule has 0 bridgehead atoms. The number of carbonyl (C=O) groups is 1. The fraction of sp³-hybridized carbons (Fsp3) is 0.444. The molecule has 0 radical (unpaired) electrons. The van der Waals surface area contributed by atoms with E-state index in [1.54, 1.807) is 24.5 Å². The van der Waals surface area contributed by atoms with Crippen molar-refractivity contribution >= 4 is 22.5 Å². The lowest BCUT2D eigenvalue weighted by Gasteiger charge is -2.25. The molecule has 0 saturated heterocycles. The molecule has 2 aliphatic rings. The SMILES string of the molecule is CCC(C(=O)Nc1ccc(C2CC2)nc1)C1CC(Oc2ccnc3ccc(F)cc23)CC1C. The summed E-state index contributed by atoms with van der Waals surface area (Å²) in [6.45, 7) is 4.26. The highest BCUT2D eigenvalue weighted by Gasteiger charge is 2.40. The lowest BCUT2D eigenvalue weighted by Crippen LogP contribution is -2.30. The Morgan fingerprint density at radius 2 is 2.03 bits per heavy atom. The van der Waals surface area contributed by atoms with E-state index in [4.69, 9.17) is 4.74 Å². The third kappa shape index (κ3) is 4.70. The van der Waals surface area contributed by atoms with Gasteiger partial charge in [0.15, 0.2) is 0 Å². The van der Waals surface area contributed by atoms with Crippen LogP contribution in [0.5, 0.6) is 5.75 Å². The Hall–Kier alpha value is -3.02. The molecule has 1 N–H and O–H groups in total. The van der Waals surface area contributed by atoms with Gasteiger partial charge < -0.3 is 10.1 Å². The molecule has 4 atom stereocenters. The zero-order chi connectivity index (χ0) is 22.9. The van der Waals surface area contributed by atoms with Crippen molar-refractivity contribution in [2.24, 2.45) is 17.8 Å². The van der Waals surface area contributed by atoms with Gasteiger partial charge in [0.1, 0.15) is 11.6 Å². The summed E-state index contributed by atoms with van der Waals surface area (Å²) < 4.78 is 20.1. The predicted molar refractivity (Wildman–Crippen MR) is 127 cm³/mol. The number of carbonyl (C=O) groups excluding carboxylic acids is 1. The van der Waals surface area contributed by atoms with E-state index >= 15 is 0 Å². The number of fused-ring (bicyclic) bond motifs is 1. The standard InChI is InChI=1S/C27H30FN3O2/c1-3-21(27(32)31-19-7-9-24(30-15-19)17-4-5-17)22-14-20(12-16(22)2)33-26-10-11-29-25-8-6-18(28)13-23(25)26/h6-11,13,15-17,20-22H,3-5,12,14H2,1-2H3,(H,31,32). The molecule has 1 aromatic carbocycles. The van der Waals surface area contributed by atoms with E-state index in [1.807, 2.05) is 12.1 Å². The molecule has 2 fully saturated rings. The maximum Gasteiger partial charge on any atom is 0.227 e. The fourth-order valence-electron chi connectivity index (χ4n) is 5.27. The summed E-state index contributed by atoms with van der Waals surface area (Å²) in [5.74, 6) is 1.48. The van der Waals surface area contributed by atoms with Gasteiger partial charge in [-0.15, -0.1) is 0 Å². The molecule has 5 nitrogen and oxygen atoms in total. The first-order chi connectivity index (χ1) is 16.0. The number of nitrogens with zero attached hydrogens (tertiary/aromatic N) is 2. The lowest BCUT2D eigenvalue weighted by atomic mass is 9.82. The van der Waals surface area contributed by atoms with E-state index in [0.717, 1.165) is 30.6 Å². The van der Waals surface area contributed by atoms with Crippen molar-refractivity contribution in [3.05, 3.63) is 60.3 Å². The Morgan fingerprint density at radius 1 is 1.18 bits per heavy atom. The number of amides is 1. The van der Waals surface area contributed by atoms with E-state index in [-0.39, 0.29) is 29.7 Å². The monoisotopic (exact) mass is 447 g/mol. The second kappa shape index (κ2) is 9.08. The first-order valence-corrected chi connectivity index (χ1v) is 12.0. The summed E-state index contributed by atoms with van der Waals surface area (Å²) in [4.78, 5) is 22.0. The van der Waals surface area contributed by atoms with Crippen molar-refractivity contribution in [3.63, 3.8) is 0 Å². The molecule has 33 heavy (non-hydrogen) atoms. The number of hydrogen-bond acceptors (Lipinski definition) is 4. The molecule has 4 unspecified atom stereocenters. The van der Waals surface area contributed by atoms with Gasteiger partial charge in [-0.1, -0.05) is 13.8 Å². The molecular weight excluding hydrogens is 417 g/mol. The van der Waals surface area contributed by atoms with Crippen molar-refractivity contribution in [2.75, 3.05) is 5.32 Å². The minimum absolute atomic E-state index is 0.0137. The molecular formula is C27H30FN3O2. The molecule has 3 aromatic rings. The number of aromatic nitrogens is 2. The molecule has 5 rings (SSSR count). The topological polar surface area (TPSA) is 64.1 Å². The third-order valence-electron chi connectivity index (χ3n) is 7.20. The Morgan fingerprint density at radius 3 is 2.76 bits per heavy atom. The summed E-state index contributed by atoms with van der Waals surface area (Å²) in [7, 11) is 0. The molecule has 2 aromatic heterocycles. The highest BCUT2D eigenvalue weighted by Crippen LogP contribution is 2.42.